The molecule has 0 unspecified atom stereocenters. The van der Waals surface area contributed by atoms with Crippen molar-refractivity contribution in [1.82, 2.24) is 0 Å². The third-order valence-corrected chi connectivity index (χ3v) is 6.22. The van der Waals surface area contributed by atoms with E-state index in [0.29, 0.717) is 0 Å². The van der Waals surface area contributed by atoms with Crippen LogP contribution in [0.15, 0.2) is 63.4 Å². The van der Waals surface area contributed by atoms with Crippen molar-refractivity contribution in [3.63, 3.8) is 0 Å². The van der Waals surface area contributed by atoms with Crippen LogP contribution in [0.4, 0.5) is 0 Å². The maximum atomic E-state index is 5.31. The van der Waals surface area contributed by atoms with Gasteiger partial charge in [-0.3, -0.25) is 0 Å². The summed E-state index contributed by atoms with van der Waals surface area (Å²) in [5, 5.41) is 4.42. The zero-order valence-electron chi connectivity index (χ0n) is 19.8. The third-order valence-electron chi connectivity index (χ3n) is 5.49. The van der Waals surface area contributed by atoms with Gasteiger partial charge in [0.2, 0.25) is 0 Å². The van der Waals surface area contributed by atoms with E-state index >= 15 is 0 Å². The fraction of sp³-hybridized carbons (Fsp3) is 0.517. The van der Waals surface area contributed by atoms with Crippen LogP contribution in [0.1, 0.15) is 97.5 Å². The highest BCUT2D eigenvalue weighted by molar-refractivity contribution is 7.07. The van der Waals surface area contributed by atoms with Crippen molar-refractivity contribution < 1.29 is 0 Å². The molecule has 164 valence electrons. The second kappa shape index (κ2) is 17.0. The summed E-state index contributed by atoms with van der Waals surface area (Å²) in [6.45, 7) is 9.05. The Balaban J connectivity index is 2.17. The molecule has 0 aliphatic heterocycles. The number of allylic oxidation sites excluding steroid dienone is 8. The monoisotopic (exact) mass is 422 g/mol. The molecule has 1 aromatic heterocycles. The number of thiophene rings is 1. The quantitative estimate of drug-likeness (QED) is 0.150. The molecule has 0 aliphatic rings. The van der Waals surface area contributed by atoms with E-state index in [-0.39, 0.29) is 0 Å². The van der Waals surface area contributed by atoms with Crippen LogP contribution in [0.2, 0.25) is 0 Å². The maximum absolute atomic E-state index is 5.31. The van der Waals surface area contributed by atoms with E-state index < -0.39 is 0 Å². The van der Waals surface area contributed by atoms with Crippen LogP contribution < -0.4 is 0 Å². The zero-order valence-corrected chi connectivity index (χ0v) is 20.6. The summed E-state index contributed by atoms with van der Waals surface area (Å²) < 4.78 is 0. The van der Waals surface area contributed by atoms with E-state index in [1.54, 1.807) is 11.3 Å². The first-order valence-electron chi connectivity index (χ1n) is 11.6. The molecule has 1 rings (SSSR count). The van der Waals surface area contributed by atoms with Gasteiger partial charge in [-0.15, -0.1) is 12.3 Å². The Morgan fingerprint density at radius 1 is 0.800 bits per heavy atom. The first kappa shape index (κ1) is 26.3. The molecule has 0 aliphatic carbocycles. The van der Waals surface area contributed by atoms with E-state index in [9.17, 15) is 0 Å². The van der Waals surface area contributed by atoms with Crippen LogP contribution in [-0.2, 0) is 6.42 Å². The number of aryl methyl sites for hydroxylation is 1. The van der Waals surface area contributed by atoms with Crippen molar-refractivity contribution in [2.45, 2.75) is 98.3 Å². The lowest BCUT2D eigenvalue weighted by molar-refractivity contribution is 0.833. The molecule has 0 fully saturated rings. The van der Waals surface area contributed by atoms with E-state index in [2.05, 4.69) is 74.7 Å². The van der Waals surface area contributed by atoms with Gasteiger partial charge < -0.3 is 0 Å². The molecule has 1 heteroatoms. The molecule has 0 saturated heterocycles. The van der Waals surface area contributed by atoms with Crippen molar-refractivity contribution in [1.29, 1.82) is 0 Å². The Morgan fingerprint density at radius 3 is 1.77 bits per heavy atom. The van der Waals surface area contributed by atoms with Gasteiger partial charge in [-0.1, -0.05) is 46.6 Å². The molecular formula is C29H42S. The minimum Gasteiger partial charge on any atom is -0.152 e. The van der Waals surface area contributed by atoms with Gasteiger partial charge in [0, 0.05) is 6.42 Å². The second-order valence-electron chi connectivity index (χ2n) is 8.55. The summed E-state index contributed by atoms with van der Waals surface area (Å²) >= 11 is 1.79. The molecule has 0 N–H and O–H groups in total. The molecule has 0 bridgehead atoms. The maximum Gasteiger partial charge on any atom is 0.00891 e. The van der Waals surface area contributed by atoms with Crippen LogP contribution in [0.3, 0.4) is 0 Å². The van der Waals surface area contributed by atoms with Crippen LogP contribution >= 0.6 is 11.3 Å². The Bertz CT molecular complexity index is 732. The number of unbranched alkanes of at least 4 members (excludes halogenated alkanes) is 1. The molecule has 1 aromatic rings. The minimum atomic E-state index is 0.891. The highest BCUT2D eigenvalue weighted by Crippen LogP contribution is 2.15. The summed E-state index contributed by atoms with van der Waals surface area (Å²) in [5.74, 6) is 2.72. The Morgan fingerprint density at radius 2 is 1.30 bits per heavy atom. The molecule has 0 radical (unpaired) electrons. The predicted octanol–water partition coefficient (Wildman–Crippen LogP) is 9.61. The van der Waals surface area contributed by atoms with Crippen LogP contribution in [0, 0.1) is 12.3 Å². The summed E-state index contributed by atoms with van der Waals surface area (Å²) in [4.78, 5) is 0. The first-order valence-corrected chi connectivity index (χ1v) is 12.5. The number of terminal acetylenes is 1. The molecule has 0 spiro atoms. The average molecular weight is 423 g/mol. The van der Waals surface area contributed by atoms with Crippen molar-refractivity contribution in [2.75, 3.05) is 0 Å². The standard InChI is InChI=1S/C29H42S/c1-6-7-8-13-25(2)14-9-15-26(3)16-10-17-27(4)18-11-19-28(5)20-12-21-29-22-23-30-24-29/h1,14,16,18,20,22-24H,7-13,15,17,19,21H2,2-5H3. The van der Waals surface area contributed by atoms with Crippen LogP contribution in [0.5, 0.6) is 0 Å². The van der Waals surface area contributed by atoms with Crippen LogP contribution in [0.25, 0.3) is 0 Å². The minimum absolute atomic E-state index is 0.891. The molecule has 0 saturated carbocycles. The fourth-order valence-electron chi connectivity index (χ4n) is 3.44. The molecule has 0 aromatic carbocycles. The Kier molecular flexibility index (Phi) is 14.8. The van der Waals surface area contributed by atoms with Gasteiger partial charge >= 0.3 is 0 Å². The SMILES string of the molecule is C#CCCCC(C)=CCCC(C)=CCCC(C)=CCCC(C)=CCCc1ccsc1. The third kappa shape index (κ3) is 14.2. The van der Waals surface area contributed by atoms with Gasteiger partial charge in [-0.2, -0.15) is 11.3 Å². The summed E-state index contributed by atoms with van der Waals surface area (Å²) in [5.41, 5.74) is 7.50. The van der Waals surface area contributed by atoms with Gasteiger partial charge in [0.1, 0.15) is 0 Å². The first-order chi connectivity index (χ1) is 14.5. The zero-order chi connectivity index (χ0) is 22.0. The molecule has 0 atom stereocenters. The molecular weight excluding hydrogens is 380 g/mol. The van der Waals surface area contributed by atoms with Crippen LogP contribution in [-0.4, -0.2) is 0 Å². The highest BCUT2D eigenvalue weighted by atomic mass is 32.1. The smallest absolute Gasteiger partial charge is 0.00891 e. The second-order valence-corrected chi connectivity index (χ2v) is 9.33. The highest BCUT2D eigenvalue weighted by Gasteiger charge is 1.95. The normalized spacial score (nSPS) is 13.6. The molecule has 1 heterocycles. The van der Waals surface area contributed by atoms with E-state index in [0.717, 1.165) is 38.5 Å². The molecule has 0 nitrogen and oxygen atoms in total. The lowest BCUT2D eigenvalue weighted by Gasteiger charge is -2.03. The van der Waals surface area contributed by atoms with Gasteiger partial charge in [0.25, 0.3) is 0 Å². The average Bonchev–Trinajstić information content (AvgIpc) is 3.22. The van der Waals surface area contributed by atoms with Crippen molar-refractivity contribution in [3.8, 4) is 12.3 Å². The van der Waals surface area contributed by atoms with Gasteiger partial charge in [0.05, 0.1) is 0 Å². The lowest BCUT2D eigenvalue weighted by atomic mass is 10.0. The number of hydrogen-bond donors (Lipinski definition) is 0. The Labute approximate surface area is 190 Å². The summed E-state index contributed by atoms with van der Waals surface area (Å²) in [7, 11) is 0. The summed E-state index contributed by atoms with van der Waals surface area (Å²) in [6, 6.07) is 2.23. The predicted molar refractivity (Wildman–Crippen MR) is 138 cm³/mol. The van der Waals surface area contributed by atoms with Crippen molar-refractivity contribution in [2.24, 2.45) is 0 Å². The van der Waals surface area contributed by atoms with Crippen molar-refractivity contribution >= 4 is 11.3 Å². The van der Waals surface area contributed by atoms with Crippen molar-refractivity contribution in [3.05, 3.63) is 69.0 Å². The molecule has 0 amide bonds. The molecule has 30 heavy (non-hydrogen) atoms. The summed E-state index contributed by atoms with van der Waals surface area (Å²) in [6.07, 6.45) is 27.5. The lowest BCUT2D eigenvalue weighted by Crippen LogP contribution is -1.84. The number of hydrogen-bond acceptors (Lipinski definition) is 1. The Hall–Kier alpha value is -1.78. The van der Waals surface area contributed by atoms with E-state index in [4.69, 9.17) is 6.42 Å². The van der Waals surface area contributed by atoms with Gasteiger partial charge in [-0.05, 0) is 114 Å². The van der Waals surface area contributed by atoms with E-state index in [1.807, 2.05) is 0 Å². The number of rotatable bonds is 15. The topological polar surface area (TPSA) is 0 Å². The fourth-order valence-corrected chi connectivity index (χ4v) is 4.14. The van der Waals surface area contributed by atoms with E-state index in [1.165, 1.54) is 60.0 Å². The van der Waals surface area contributed by atoms with Gasteiger partial charge in [-0.25, -0.2) is 0 Å². The largest absolute Gasteiger partial charge is 0.152 e. The van der Waals surface area contributed by atoms with Gasteiger partial charge in [0.15, 0.2) is 0 Å².